The van der Waals surface area contributed by atoms with Crippen LogP contribution >= 0.6 is 0 Å². The molecule has 3 amide bonds. The van der Waals surface area contributed by atoms with Crippen LogP contribution in [0.4, 0.5) is 22.0 Å². The second-order valence-corrected chi connectivity index (χ2v) is 20.4. The van der Waals surface area contributed by atoms with E-state index in [0.29, 0.717) is 33.8 Å². The summed E-state index contributed by atoms with van der Waals surface area (Å²) in [7, 11) is 4.78. The number of hydrogen-bond donors (Lipinski definition) is 6. The Balaban J connectivity index is 0.000000190. The molecule has 9 rings (SSSR count). The number of ether oxygens (including phenoxy) is 3. The summed E-state index contributed by atoms with van der Waals surface area (Å²) in [4.78, 5) is 38.8. The molecule has 0 aliphatic rings. The molecule has 0 saturated carbocycles. The normalized spacial score (nSPS) is 11.8. The number of aryl methyl sites for hydroxylation is 6. The van der Waals surface area contributed by atoms with Gasteiger partial charge in [-0.1, -0.05) is 105 Å². The lowest BCUT2D eigenvalue weighted by atomic mass is 10.0. The van der Waals surface area contributed by atoms with Crippen LogP contribution in [0, 0.1) is 49.9 Å². The van der Waals surface area contributed by atoms with Crippen LogP contribution < -0.4 is 30.2 Å². The highest BCUT2D eigenvalue weighted by Crippen LogP contribution is 2.33. The Bertz CT molecular complexity index is 4110. The molecule has 0 bridgehead atoms. The van der Waals surface area contributed by atoms with E-state index in [9.17, 15) is 51.7 Å². The number of hydrogen-bond acceptors (Lipinski definition) is 12. The van der Waals surface area contributed by atoms with Crippen molar-refractivity contribution in [2.45, 2.75) is 59.7 Å². The van der Waals surface area contributed by atoms with Crippen LogP contribution in [0.3, 0.4) is 0 Å². The van der Waals surface area contributed by atoms with Gasteiger partial charge < -0.3 is 45.5 Å². The standard InChI is InChI=1S/2C22H21F2N3O3.C22H22FN3O3/c1-12(15-5-7-16(8-6-15)14(3)28)25-21(29)20-13(2)26-27(4)22(20)30-17-9-10-18(23)19(24)11-17;1-12(15-8-10-16(11-9-15)14(3)28)25-21(29)19-13(2)26-27(4)22(19)30-18-7-5-6-17(23)20(18)24;1-13(16-8-10-17(11-9-16)15(3)27)24-21(28)20-14(2)25-26(4)22(20)29-19-7-5-6-18(23)12-19/h2*5-12,28H,3H2,1-2,4H3,(H,25,29);5-13,27H,3H2,1-2,4H3,(H,24,28)/t2*12-;13-/m000/s1. The highest BCUT2D eigenvalue weighted by Gasteiger charge is 2.28. The first-order valence-electron chi connectivity index (χ1n) is 27.3. The predicted octanol–water partition coefficient (Wildman–Crippen LogP) is 14.3. The van der Waals surface area contributed by atoms with Gasteiger partial charge in [-0.3, -0.25) is 14.4 Å². The molecule has 6 N–H and O–H groups in total. The third-order valence-corrected chi connectivity index (χ3v) is 13.7. The molecule has 0 saturated heterocycles. The predicted molar refractivity (Wildman–Crippen MR) is 325 cm³/mol. The molecule has 0 radical (unpaired) electrons. The Morgan fingerprint density at radius 2 is 0.798 bits per heavy atom. The van der Waals surface area contributed by atoms with Crippen molar-refractivity contribution in [1.82, 2.24) is 45.3 Å². The quantitative estimate of drug-likeness (QED) is 0.0348. The monoisotopic (exact) mass is 1220 g/mol. The van der Waals surface area contributed by atoms with Crippen molar-refractivity contribution in [2.24, 2.45) is 21.1 Å². The van der Waals surface area contributed by atoms with Crippen molar-refractivity contribution < 1.29 is 65.9 Å². The molecular formula is C66H64F5N9O9. The second kappa shape index (κ2) is 28.5. The molecule has 18 nitrogen and oxygen atoms in total. The van der Waals surface area contributed by atoms with Crippen molar-refractivity contribution in [3.63, 3.8) is 0 Å². The van der Waals surface area contributed by atoms with Crippen LogP contribution in [0.1, 0.15) is 120 Å². The van der Waals surface area contributed by atoms with Crippen LogP contribution in [0.25, 0.3) is 17.3 Å². The number of aromatic nitrogens is 6. The summed E-state index contributed by atoms with van der Waals surface area (Å²) in [5.41, 5.74) is 6.14. The fourth-order valence-corrected chi connectivity index (χ4v) is 8.96. The lowest BCUT2D eigenvalue weighted by Crippen LogP contribution is -2.27. The van der Waals surface area contributed by atoms with Gasteiger partial charge in [-0.2, -0.15) is 19.7 Å². The summed E-state index contributed by atoms with van der Waals surface area (Å²) in [5.74, 6) is -5.76. The van der Waals surface area contributed by atoms with Gasteiger partial charge in [-0.25, -0.2) is 31.6 Å². The van der Waals surface area contributed by atoms with Crippen LogP contribution in [0.15, 0.2) is 153 Å². The van der Waals surface area contributed by atoms with E-state index in [0.717, 1.165) is 34.9 Å². The maximum atomic E-state index is 14.0. The molecule has 6 aromatic carbocycles. The number of carbonyl (C=O) groups excluding carboxylic acids is 3. The van der Waals surface area contributed by atoms with Gasteiger partial charge >= 0.3 is 0 Å². The lowest BCUT2D eigenvalue weighted by molar-refractivity contribution is 0.0927. The largest absolute Gasteiger partial charge is 0.508 e. The average Bonchev–Trinajstić information content (AvgIpc) is 1.88. The summed E-state index contributed by atoms with van der Waals surface area (Å²) < 4.78 is 88.7. The first-order valence-corrected chi connectivity index (χ1v) is 27.3. The minimum absolute atomic E-state index is 0.00590. The van der Waals surface area contributed by atoms with E-state index in [1.165, 1.54) is 50.4 Å². The highest BCUT2D eigenvalue weighted by molar-refractivity contribution is 5.99. The number of aliphatic hydroxyl groups is 3. The Morgan fingerprint density at radius 3 is 1.15 bits per heavy atom. The number of nitrogens with one attached hydrogen (secondary N) is 3. The molecule has 0 aliphatic carbocycles. The van der Waals surface area contributed by atoms with E-state index in [4.69, 9.17) is 14.2 Å². The van der Waals surface area contributed by atoms with E-state index >= 15 is 0 Å². The number of nitrogens with zero attached hydrogens (tertiary/aromatic N) is 6. The SMILES string of the molecule is C=C(O)c1ccc([C@H](C)NC(=O)c2c(C)nn(C)c2Oc2ccc(F)c(F)c2)cc1.C=C(O)c1ccc([C@H](C)NC(=O)c2c(C)nn(C)c2Oc2cccc(F)c2)cc1.C=C(O)c1ccc([C@H](C)NC(=O)c2c(C)nn(C)c2Oc2cccc(F)c2F)cc1. The maximum Gasteiger partial charge on any atom is 0.259 e. The van der Waals surface area contributed by atoms with Crippen LogP contribution in [-0.2, 0) is 21.1 Å². The lowest BCUT2D eigenvalue weighted by Gasteiger charge is -2.16. The van der Waals surface area contributed by atoms with E-state index in [-0.39, 0.29) is 92.9 Å². The molecule has 0 fully saturated rings. The van der Waals surface area contributed by atoms with Crippen molar-refractivity contribution in [2.75, 3.05) is 0 Å². The number of benzene rings is 6. The van der Waals surface area contributed by atoms with Crippen molar-refractivity contribution in [3.05, 3.63) is 249 Å². The first-order chi connectivity index (χ1) is 42.1. The van der Waals surface area contributed by atoms with Crippen molar-refractivity contribution >= 4 is 35.0 Å². The number of halogens is 5. The third kappa shape index (κ3) is 16.1. The highest BCUT2D eigenvalue weighted by atomic mass is 19.2. The van der Waals surface area contributed by atoms with Crippen molar-refractivity contribution in [3.8, 4) is 34.9 Å². The molecular weight excluding hydrogens is 1160 g/mol. The van der Waals surface area contributed by atoms with Gasteiger partial charge in [0, 0.05) is 50.0 Å². The van der Waals surface area contributed by atoms with E-state index in [2.05, 4.69) is 51.0 Å². The van der Waals surface area contributed by atoms with Crippen LogP contribution in [0.2, 0.25) is 0 Å². The van der Waals surface area contributed by atoms with Gasteiger partial charge in [0.15, 0.2) is 23.2 Å². The van der Waals surface area contributed by atoms with Crippen LogP contribution in [0.5, 0.6) is 34.9 Å². The van der Waals surface area contributed by atoms with Gasteiger partial charge in [0.2, 0.25) is 23.5 Å². The third-order valence-electron chi connectivity index (χ3n) is 13.7. The Morgan fingerprint density at radius 1 is 0.449 bits per heavy atom. The molecule has 0 aliphatic heterocycles. The topological polar surface area (TPSA) is 229 Å². The zero-order chi connectivity index (χ0) is 65.1. The average molecular weight is 1220 g/mol. The maximum absolute atomic E-state index is 14.0. The Hall–Kier alpha value is -11.0. The number of carbonyl (C=O) groups is 3. The molecule has 3 aromatic heterocycles. The van der Waals surface area contributed by atoms with E-state index in [1.54, 1.807) is 116 Å². The molecule has 462 valence electrons. The summed E-state index contributed by atoms with van der Waals surface area (Å²) in [6, 6.07) is 32.2. The van der Waals surface area contributed by atoms with E-state index in [1.807, 2.05) is 26.0 Å². The molecule has 89 heavy (non-hydrogen) atoms. The van der Waals surface area contributed by atoms with Gasteiger partial charge in [-0.15, -0.1) is 0 Å². The van der Waals surface area contributed by atoms with Gasteiger partial charge in [0.25, 0.3) is 17.7 Å². The summed E-state index contributed by atoms with van der Waals surface area (Å²) in [5, 5.41) is 49.6. The molecule has 9 aromatic rings. The number of amides is 3. The van der Waals surface area contributed by atoms with Gasteiger partial charge in [-0.05, 0) is 94.6 Å². The first kappa shape index (κ1) is 65.6. The number of rotatable bonds is 18. The van der Waals surface area contributed by atoms with Crippen molar-refractivity contribution in [1.29, 1.82) is 0 Å². The molecule has 23 heteroatoms. The zero-order valence-electron chi connectivity index (χ0n) is 49.9. The summed E-state index contributed by atoms with van der Waals surface area (Å²) in [6.07, 6.45) is 0. The molecule has 0 unspecified atom stereocenters. The molecule has 0 spiro atoms. The smallest absolute Gasteiger partial charge is 0.259 e. The Kier molecular flexibility index (Phi) is 21.0. The summed E-state index contributed by atoms with van der Waals surface area (Å²) >= 11 is 0. The second-order valence-electron chi connectivity index (χ2n) is 20.4. The van der Waals surface area contributed by atoms with Gasteiger partial charge in [0.1, 0.15) is 51.3 Å². The fraction of sp³-hybridized carbons (Fsp3) is 0.182. The molecule has 3 heterocycles. The molecule has 3 atom stereocenters. The van der Waals surface area contributed by atoms with Crippen LogP contribution in [-0.4, -0.2) is 62.4 Å². The van der Waals surface area contributed by atoms with E-state index < -0.39 is 40.9 Å². The minimum atomic E-state index is -1.15. The minimum Gasteiger partial charge on any atom is -0.508 e. The Labute approximate surface area is 509 Å². The summed E-state index contributed by atoms with van der Waals surface area (Å²) in [6.45, 7) is 20.9. The zero-order valence-corrected chi connectivity index (χ0v) is 49.9. The van der Waals surface area contributed by atoms with Gasteiger partial charge in [0.05, 0.1) is 35.2 Å². The fourth-order valence-electron chi connectivity index (χ4n) is 8.96. The number of aliphatic hydroxyl groups excluding tert-OH is 3.